The van der Waals surface area contributed by atoms with Crippen LogP contribution in [0.25, 0.3) is 0 Å². The molecule has 1 aliphatic heterocycles. The first kappa shape index (κ1) is 11.3. The predicted molar refractivity (Wildman–Crippen MR) is 61.5 cm³/mol. The Morgan fingerprint density at radius 2 is 2.00 bits per heavy atom. The topological polar surface area (TPSA) is 15.3 Å². The van der Waals surface area contributed by atoms with E-state index in [0.29, 0.717) is 0 Å². The van der Waals surface area contributed by atoms with Crippen molar-refractivity contribution in [2.24, 2.45) is 5.92 Å². The summed E-state index contributed by atoms with van der Waals surface area (Å²) in [6.45, 7) is 3.69. The van der Waals surface area contributed by atoms with E-state index in [-0.39, 0.29) is 0 Å². The van der Waals surface area contributed by atoms with Gasteiger partial charge in [0.1, 0.15) is 0 Å². The zero-order valence-corrected chi connectivity index (χ0v) is 9.70. The van der Waals surface area contributed by atoms with E-state index in [1.807, 2.05) is 0 Å². The Morgan fingerprint density at radius 1 is 1.31 bits per heavy atom. The summed E-state index contributed by atoms with van der Waals surface area (Å²) in [5.41, 5.74) is 0. The van der Waals surface area contributed by atoms with Crippen molar-refractivity contribution in [2.75, 3.05) is 45.2 Å². The summed E-state index contributed by atoms with van der Waals surface area (Å²) >= 11 is 2.12. The molecule has 0 saturated carbocycles. The molecule has 0 spiro atoms. The highest BCUT2D eigenvalue weighted by Gasteiger charge is 2.12. The van der Waals surface area contributed by atoms with Gasteiger partial charge in [-0.3, -0.25) is 0 Å². The molecule has 1 saturated heterocycles. The fourth-order valence-corrected chi connectivity index (χ4v) is 2.87. The number of nitrogens with zero attached hydrogens (tertiary/aromatic N) is 1. The highest BCUT2D eigenvalue weighted by atomic mass is 32.2. The molecule has 0 aromatic heterocycles. The lowest BCUT2D eigenvalue weighted by atomic mass is 10.0. The van der Waals surface area contributed by atoms with Gasteiger partial charge < -0.3 is 10.2 Å². The Bertz CT molecular complexity index is 122. The molecule has 0 atom stereocenters. The molecule has 1 N–H and O–H groups in total. The van der Waals surface area contributed by atoms with Gasteiger partial charge in [-0.2, -0.15) is 11.8 Å². The van der Waals surface area contributed by atoms with Gasteiger partial charge in [0.15, 0.2) is 0 Å². The number of hydrogen-bond acceptors (Lipinski definition) is 3. The maximum Gasteiger partial charge on any atom is 0.00662 e. The Morgan fingerprint density at radius 3 is 2.62 bits per heavy atom. The fraction of sp³-hybridized carbons (Fsp3) is 1.00. The summed E-state index contributed by atoms with van der Waals surface area (Å²) in [5.74, 6) is 3.64. The van der Waals surface area contributed by atoms with E-state index < -0.39 is 0 Å². The van der Waals surface area contributed by atoms with Crippen molar-refractivity contribution in [2.45, 2.75) is 12.8 Å². The number of piperidine rings is 1. The molecule has 0 radical (unpaired) electrons. The lowest BCUT2D eigenvalue weighted by Gasteiger charge is -2.22. The molecule has 1 rings (SSSR count). The molecule has 78 valence electrons. The van der Waals surface area contributed by atoms with Gasteiger partial charge in [0.25, 0.3) is 0 Å². The normalized spacial score (nSPS) is 19.6. The maximum atomic E-state index is 3.41. The highest BCUT2D eigenvalue weighted by Crippen LogP contribution is 2.17. The molecular weight excluding hydrogens is 180 g/mol. The predicted octanol–water partition coefficient (Wildman–Crippen LogP) is 1.28. The minimum absolute atomic E-state index is 0.980. The number of thioether (sulfide) groups is 1. The van der Waals surface area contributed by atoms with Crippen molar-refractivity contribution in [1.82, 2.24) is 10.2 Å². The minimum atomic E-state index is 0.980. The molecule has 1 fully saturated rings. The Balaban J connectivity index is 1.92. The molecule has 1 aliphatic rings. The minimum Gasteiger partial charge on any atom is -0.317 e. The largest absolute Gasteiger partial charge is 0.317 e. The van der Waals surface area contributed by atoms with Crippen LogP contribution in [0.5, 0.6) is 0 Å². The molecule has 3 heteroatoms. The van der Waals surface area contributed by atoms with E-state index in [1.54, 1.807) is 0 Å². The average Bonchev–Trinajstić information content (AvgIpc) is 2.14. The van der Waals surface area contributed by atoms with Gasteiger partial charge in [-0.05, 0) is 51.7 Å². The van der Waals surface area contributed by atoms with Gasteiger partial charge in [0.2, 0.25) is 0 Å². The summed E-state index contributed by atoms with van der Waals surface area (Å²) in [4.78, 5) is 2.26. The zero-order valence-electron chi connectivity index (χ0n) is 8.88. The lowest BCUT2D eigenvalue weighted by molar-refractivity contribution is 0.407. The van der Waals surface area contributed by atoms with E-state index in [2.05, 4.69) is 36.1 Å². The van der Waals surface area contributed by atoms with Crippen LogP contribution in [0, 0.1) is 5.92 Å². The average molecular weight is 202 g/mol. The summed E-state index contributed by atoms with van der Waals surface area (Å²) in [7, 11) is 4.29. The monoisotopic (exact) mass is 202 g/mol. The van der Waals surface area contributed by atoms with Crippen molar-refractivity contribution in [3.05, 3.63) is 0 Å². The standard InChI is InChI=1S/C10H22N2S/c1-12(2)7-8-13-9-10-3-5-11-6-4-10/h10-11H,3-9H2,1-2H3. The van der Waals surface area contributed by atoms with Crippen LogP contribution in [0.15, 0.2) is 0 Å². The van der Waals surface area contributed by atoms with Crippen LogP contribution in [0.1, 0.15) is 12.8 Å². The van der Waals surface area contributed by atoms with Crippen LogP contribution in [0.3, 0.4) is 0 Å². The molecule has 0 amide bonds. The quantitative estimate of drug-likeness (QED) is 0.676. The first-order valence-corrected chi connectivity index (χ1v) is 6.37. The van der Waals surface area contributed by atoms with Crippen LogP contribution in [0.2, 0.25) is 0 Å². The summed E-state index contributed by atoms with van der Waals surface area (Å²) in [6.07, 6.45) is 2.77. The second-order valence-electron chi connectivity index (χ2n) is 4.07. The highest BCUT2D eigenvalue weighted by molar-refractivity contribution is 7.99. The molecule has 0 unspecified atom stereocenters. The summed E-state index contributed by atoms with van der Waals surface area (Å²) < 4.78 is 0. The van der Waals surface area contributed by atoms with Crippen molar-refractivity contribution < 1.29 is 0 Å². The molecule has 1 heterocycles. The maximum absolute atomic E-state index is 3.41. The van der Waals surface area contributed by atoms with Crippen LogP contribution in [0.4, 0.5) is 0 Å². The summed E-state index contributed by atoms with van der Waals surface area (Å²) in [5, 5.41) is 3.41. The number of nitrogens with one attached hydrogen (secondary N) is 1. The SMILES string of the molecule is CN(C)CCSCC1CCNCC1. The third-order valence-corrected chi connectivity index (χ3v) is 3.67. The third kappa shape index (κ3) is 5.55. The first-order chi connectivity index (χ1) is 6.29. The van der Waals surface area contributed by atoms with E-state index in [1.165, 1.54) is 44.0 Å². The smallest absolute Gasteiger partial charge is 0.00662 e. The van der Waals surface area contributed by atoms with Crippen molar-refractivity contribution in [3.63, 3.8) is 0 Å². The van der Waals surface area contributed by atoms with Gasteiger partial charge in [0, 0.05) is 12.3 Å². The molecule has 0 bridgehead atoms. The van der Waals surface area contributed by atoms with Gasteiger partial charge in [-0.1, -0.05) is 0 Å². The second-order valence-corrected chi connectivity index (χ2v) is 5.22. The van der Waals surface area contributed by atoms with Crippen molar-refractivity contribution >= 4 is 11.8 Å². The van der Waals surface area contributed by atoms with E-state index in [4.69, 9.17) is 0 Å². The van der Waals surface area contributed by atoms with Gasteiger partial charge in [-0.15, -0.1) is 0 Å². The lowest BCUT2D eigenvalue weighted by Crippen LogP contribution is -2.29. The molecule has 2 nitrogen and oxygen atoms in total. The molecule has 0 aromatic carbocycles. The molecule has 13 heavy (non-hydrogen) atoms. The van der Waals surface area contributed by atoms with Crippen molar-refractivity contribution in [1.29, 1.82) is 0 Å². The van der Waals surface area contributed by atoms with Gasteiger partial charge >= 0.3 is 0 Å². The molecular formula is C10H22N2S. The van der Waals surface area contributed by atoms with E-state index >= 15 is 0 Å². The van der Waals surface area contributed by atoms with Crippen LogP contribution in [-0.4, -0.2) is 50.1 Å². The Labute approximate surface area is 86.5 Å². The van der Waals surface area contributed by atoms with E-state index in [9.17, 15) is 0 Å². The zero-order chi connectivity index (χ0) is 9.52. The number of hydrogen-bond donors (Lipinski definition) is 1. The van der Waals surface area contributed by atoms with Crippen LogP contribution in [-0.2, 0) is 0 Å². The van der Waals surface area contributed by atoms with Crippen molar-refractivity contribution in [3.8, 4) is 0 Å². The molecule has 0 aromatic rings. The van der Waals surface area contributed by atoms with Crippen LogP contribution >= 0.6 is 11.8 Å². The Kier molecular flexibility index (Phi) is 5.83. The molecule has 0 aliphatic carbocycles. The first-order valence-electron chi connectivity index (χ1n) is 5.22. The van der Waals surface area contributed by atoms with Gasteiger partial charge in [0.05, 0.1) is 0 Å². The van der Waals surface area contributed by atoms with Gasteiger partial charge in [-0.25, -0.2) is 0 Å². The third-order valence-electron chi connectivity index (χ3n) is 2.50. The van der Waals surface area contributed by atoms with Crippen LogP contribution < -0.4 is 5.32 Å². The summed E-state index contributed by atoms with van der Waals surface area (Å²) in [6, 6.07) is 0. The number of rotatable bonds is 5. The second kappa shape index (κ2) is 6.68. The van der Waals surface area contributed by atoms with E-state index in [0.717, 1.165) is 5.92 Å². The fourth-order valence-electron chi connectivity index (χ4n) is 1.55. The Hall–Kier alpha value is 0.270.